The molecule has 1 rings (SSSR count). The topological polar surface area (TPSA) is 178 Å². The number of carboxylic acid groups (broad SMARTS) is 3. The number of aliphatic carboxylic acids is 3. The maximum Gasteiger partial charge on any atom is 0.328 e. The lowest BCUT2D eigenvalue weighted by Crippen LogP contribution is -2.30. The molecule has 0 aromatic rings. The van der Waals surface area contributed by atoms with Gasteiger partial charge < -0.3 is 20.6 Å². The smallest absolute Gasteiger partial charge is 0.328 e. The lowest BCUT2D eigenvalue weighted by atomic mass is 10.2. The van der Waals surface area contributed by atoms with Crippen LogP contribution in [0.3, 0.4) is 0 Å². The molecule has 1 heterocycles. The summed E-state index contributed by atoms with van der Waals surface area (Å²) < 4.78 is 0. The fraction of sp³-hybridized carbons (Fsp3) is 0.500. The summed E-state index contributed by atoms with van der Waals surface area (Å²) in [7, 11) is 0. The van der Waals surface area contributed by atoms with Crippen molar-refractivity contribution >= 4 is 35.6 Å². The second kappa shape index (κ2) is 16.3. The van der Waals surface area contributed by atoms with Gasteiger partial charge in [0.15, 0.2) is 0 Å². The van der Waals surface area contributed by atoms with E-state index in [1.807, 2.05) is 0 Å². The van der Waals surface area contributed by atoms with Gasteiger partial charge in [-0.3, -0.25) is 28.9 Å². The molecule has 1 aliphatic rings. The Bertz CT molecular complexity index is 695. The summed E-state index contributed by atoms with van der Waals surface area (Å²) in [4.78, 5) is 64.7. The predicted octanol–water partition coefficient (Wildman–Crippen LogP) is 0.945. The van der Waals surface area contributed by atoms with Crippen LogP contribution in [0.15, 0.2) is 24.3 Å². The third-order valence-electron chi connectivity index (χ3n) is 3.92. The predicted molar refractivity (Wildman–Crippen MR) is 108 cm³/mol. The van der Waals surface area contributed by atoms with E-state index < -0.39 is 23.8 Å². The van der Waals surface area contributed by atoms with E-state index in [9.17, 15) is 28.8 Å². The van der Waals surface area contributed by atoms with Gasteiger partial charge in [0, 0.05) is 50.2 Å². The highest BCUT2D eigenvalue weighted by molar-refractivity contribution is 6.12. The first-order valence-electron chi connectivity index (χ1n) is 9.79. The highest BCUT2D eigenvalue weighted by atomic mass is 16.4. The van der Waals surface area contributed by atoms with E-state index in [4.69, 9.17) is 15.3 Å². The molecule has 0 atom stereocenters. The van der Waals surface area contributed by atoms with Crippen LogP contribution in [-0.4, -0.2) is 68.9 Å². The van der Waals surface area contributed by atoms with E-state index in [1.165, 1.54) is 17.1 Å². The number of hydrogen-bond acceptors (Lipinski definition) is 6. The maximum absolute atomic E-state index is 11.1. The van der Waals surface area contributed by atoms with Crippen molar-refractivity contribution in [3.63, 3.8) is 0 Å². The summed E-state index contributed by atoms with van der Waals surface area (Å²) in [5.74, 6) is -3.83. The van der Waals surface area contributed by atoms with Gasteiger partial charge >= 0.3 is 17.9 Å². The Kier molecular flexibility index (Phi) is 14.5. The van der Waals surface area contributed by atoms with Crippen molar-refractivity contribution in [1.82, 2.24) is 10.2 Å². The molecule has 31 heavy (non-hydrogen) atoms. The van der Waals surface area contributed by atoms with E-state index in [1.54, 1.807) is 0 Å². The molecule has 0 aliphatic carbocycles. The van der Waals surface area contributed by atoms with E-state index in [0.717, 1.165) is 18.6 Å². The lowest BCUT2D eigenvalue weighted by molar-refractivity contribution is -0.138. The molecule has 1 aliphatic heterocycles. The zero-order valence-electron chi connectivity index (χ0n) is 17.1. The van der Waals surface area contributed by atoms with Gasteiger partial charge in [-0.2, -0.15) is 0 Å². The van der Waals surface area contributed by atoms with Gasteiger partial charge in [0.2, 0.25) is 5.91 Å². The third kappa shape index (κ3) is 16.0. The molecule has 0 saturated heterocycles. The fourth-order valence-corrected chi connectivity index (χ4v) is 2.37. The zero-order chi connectivity index (χ0) is 23.6. The number of carboxylic acids is 3. The average Bonchev–Trinajstić information content (AvgIpc) is 3.00. The molecule has 11 nitrogen and oxygen atoms in total. The van der Waals surface area contributed by atoms with Crippen molar-refractivity contribution in [3.05, 3.63) is 24.3 Å². The second-order valence-electron chi connectivity index (χ2n) is 6.53. The number of rotatable bonds is 14. The molecule has 0 radical (unpaired) electrons. The van der Waals surface area contributed by atoms with Crippen LogP contribution in [-0.2, 0) is 28.8 Å². The van der Waals surface area contributed by atoms with Crippen LogP contribution >= 0.6 is 0 Å². The van der Waals surface area contributed by atoms with Gasteiger partial charge in [-0.25, -0.2) is 4.79 Å². The Labute approximate surface area is 179 Å². The molecule has 0 aromatic heterocycles. The van der Waals surface area contributed by atoms with Crippen LogP contribution in [0.2, 0.25) is 0 Å². The normalized spacial score (nSPS) is 12.6. The minimum absolute atomic E-state index is 0.132. The van der Waals surface area contributed by atoms with E-state index in [-0.39, 0.29) is 24.7 Å². The van der Waals surface area contributed by atoms with Crippen molar-refractivity contribution in [1.29, 1.82) is 0 Å². The van der Waals surface area contributed by atoms with Gasteiger partial charge in [-0.1, -0.05) is 12.8 Å². The first kappa shape index (κ1) is 27.5. The van der Waals surface area contributed by atoms with Gasteiger partial charge in [0.25, 0.3) is 11.8 Å². The second-order valence-corrected chi connectivity index (χ2v) is 6.53. The van der Waals surface area contributed by atoms with Crippen LogP contribution in [0.25, 0.3) is 0 Å². The number of nitrogens with one attached hydrogen (secondary N) is 1. The number of carbonyl (C=O) groups excluding carboxylic acids is 3. The lowest BCUT2D eigenvalue weighted by Gasteiger charge is -2.12. The standard InChI is InChI=1S/C10H15NO5.C10H13NO4/c12-8(5-6-10(15)16)11-7-3-1-2-4-9(13)14;12-8-5-6-9(13)11(8)7-3-1-2-4-10(14)15/h5-6H,1-4,7H2,(H,11,12)(H,13,14)(H,15,16);5-6H,1-4,7H2,(H,14,15)/b6-5-;. The summed E-state index contributed by atoms with van der Waals surface area (Å²) in [5, 5.41) is 27.4. The highest BCUT2D eigenvalue weighted by Gasteiger charge is 2.22. The monoisotopic (exact) mass is 440 g/mol. The Morgan fingerprint density at radius 3 is 1.77 bits per heavy atom. The summed E-state index contributed by atoms with van der Waals surface area (Å²) >= 11 is 0. The molecule has 3 amide bonds. The van der Waals surface area contributed by atoms with Crippen LogP contribution in [0.1, 0.15) is 51.4 Å². The van der Waals surface area contributed by atoms with E-state index in [2.05, 4.69) is 5.32 Å². The van der Waals surface area contributed by atoms with Crippen molar-refractivity contribution in [2.75, 3.05) is 13.1 Å². The van der Waals surface area contributed by atoms with Crippen molar-refractivity contribution in [2.24, 2.45) is 0 Å². The number of carbonyl (C=O) groups is 6. The highest BCUT2D eigenvalue weighted by Crippen LogP contribution is 2.07. The zero-order valence-corrected chi connectivity index (χ0v) is 17.1. The molecule has 172 valence electrons. The Morgan fingerprint density at radius 1 is 0.774 bits per heavy atom. The number of amides is 3. The van der Waals surface area contributed by atoms with Crippen LogP contribution in [0.4, 0.5) is 0 Å². The molecular weight excluding hydrogens is 412 g/mol. The molecule has 0 saturated carbocycles. The molecule has 0 aromatic carbocycles. The molecule has 0 spiro atoms. The Balaban J connectivity index is 0.000000581. The minimum atomic E-state index is -1.17. The third-order valence-corrected chi connectivity index (χ3v) is 3.92. The summed E-state index contributed by atoms with van der Waals surface area (Å²) in [5.41, 5.74) is 0. The molecule has 4 N–H and O–H groups in total. The number of unbranched alkanes of at least 4 members (excludes halogenated alkanes) is 4. The largest absolute Gasteiger partial charge is 0.481 e. The van der Waals surface area contributed by atoms with Crippen molar-refractivity contribution in [2.45, 2.75) is 51.4 Å². The average molecular weight is 440 g/mol. The van der Waals surface area contributed by atoms with Gasteiger partial charge in [0.1, 0.15) is 0 Å². The summed E-state index contributed by atoms with van der Waals surface area (Å²) in [6, 6.07) is 0. The van der Waals surface area contributed by atoms with E-state index in [0.29, 0.717) is 45.2 Å². The summed E-state index contributed by atoms with van der Waals surface area (Å²) in [6.45, 7) is 0.798. The first-order chi connectivity index (χ1) is 14.6. The first-order valence-corrected chi connectivity index (χ1v) is 9.79. The number of imide groups is 1. The quantitative estimate of drug-likeness (QED) is 0.174. The molecule has 0 bridgehead atoms. The maximum atomic E-state index is 11.1. The van der Waals surface area contributed by atoms with Gasteiger partial charge in [-0.15, -0.1) is 0 Å². The Hall–Kier alpha value is -3.50. The van der Waals surface area contributed by atoms with Gasteiger partial charge in [-0.05, 0) is 25.7 Å². The number of hydrogen-bond donors (Lipinski definition) is 4. The van der Waals surface area contributed by atoms with Crippen LogP contribution < -0.4 is 5.32 Å². The fourth-order valence-electron chi connectivity index (χ4n) is 2.37. The van der Waals surface area contributed by atoms with Crippen LogP contribution in [0, 0.1) is 0 Å². The van der Waals surface area contributed by atoms with Gasteiger partial charge in [0.05, 0.1) is 0 Å². The molecule has 0 unspecified atom stereocenters. The Morgan fingerprint density at radius 2 is 1.29 bits per heavy atom. The minimum Gasteiger partial charge on any atom is -0.481 e. The van der Waals surface area contributed by atoms with Crippen molar-refractivity contribution in [3.8, 4) is 0 Å². The van der Waals surface area contributed by atoms with Crippen LogP contribution in [0.5, 0.6) is 0 Å². The summed E-state index contributed by atoms with van der Waals surface area (Å²) in [6.07, 6.45) is 8.41. The van der Waals surface area contributed by atoms with E-state index >= 15 is 0 Å². The molecule has 11 heteroatoms. The SMILES string of the molecule is O=C(O)/C=C\C(=O)NCCCCCC(=O)O.O=C(O)CCCCCN1C(=O)C=CC1=O. The number of nitrogens with zero attached hydrogens (tertiary/aromatic N) is 1. The van der Waals surface area contributed by atoms with Crippen molar-refractivity contribution < 1.29 is 44.1 Å². The molecule has 0 fully saturated rings. The molecular formula is C20H28N2O9.